The molecule has 0 aromatic carbocycles. The van der Waals surface area contributed by atoms with E-state index in [0.29, 0.717) is 24.8 Å². The zero-order valence-electron chi connectivity index (χ0n) is 9.61. The number of hydrogen-bond donors (Lipinski definition) is 2. The van der Waals surface area contributed by atoms with Crippen molar-refractivity contribution < 1.29 is 9.59 Å². The third-order valence-electron chi connectivity index (χ3n) is 2.63. The molecule has 19 heavy (non-hydrogen) atoms. The Morgan fingerprint density at radius 3 is 2.58 bits per heavy atom. The van der Waals surface area contributed by atoms with Crippen molar-refractivity contribution in [2.75, 3.05) is 0 Å². The molecule has 108 valence electrons. The summed E-state index contributed by atoms with van der Waals surface area (Å²) in [6.07, 6.45) is 4.73. The molecule has 0 spiro atoms. The number of nitrogens with two attached hydrogens (primary N) is 1. The van der Waals surface area contributed by atoms with Crippen molar-refractivity contribution in [3.05, 3.63) is 12.2 Å². The first-order chi connectivity index (χ1) is 8.75. The normalized spacial score (nSPS) is 23.4. The summed E-state index contributed by atoms with van der Waals surface area (Å²) >= 11 is 23.4. The Kier molecular flexibility index (Phi) is 6.60. The molecule has 0 heterocycles. The molecule has 0 radical (unpaired) electrons. The number of hydrogen-bond acceptors (Lipinski definition) is 3. The molecule has 4 nitrogen and oxygen atoms in total. The molecule has 1 aliphatic carbocycles. The second-order valence-corrected chi connectivity index (χ2v) is 7.95. The Morgan fingerprint density at radius 2 is 2.05 bits per heavy atom. The SMILES string of the molecule is NC(=O)C1CCC=CC1C(=O)NSC(Cl)(Cl)C(Cl)Cl. The molecule has 2 unspecified atom stereocenters. The van der Waals surface area contributed by atoms with E-state index in [1.54, 1.807) is 6.08 Å². The number of carbonyl (C=O) groups is 2. The van der Waals surface area contributed by atoms with Crippen LogP contribution in [0.3, 0.4) is 0 Å². The Balaban J connectivity index is 2.64. The summed E-state index contributed by atoms with van der Waals surface area (Å²) < 4.78 is 0.875. The number of allylic oxidation sites excluding steroid dienone is 1. The van der Waals surface area contributed by atoms with Crippen molar-refractivity contribution in [3.8, 4) is 0 Å². The van der Waals surface area contributed by atoms with Gasteiger partial charge in [-0.3, -0.25) is 14.3 Å². The molecule has 2 amide bonds. The van der Waals surface area contributed by atoms with Gasteiger partial charge in [0.2, 0.25) is 15.5 Å². The van der Waals surface area contributed by atoms with Crippen molar-refractivity contribution in [1.82, 2.24) is 4.72 Å². The molecule has 1 aliphatic rings. The predicted molar refractivity (Wildman–Crippen MR) is 80.2 cm³/mol. The van der Waals surface area contributed by atoms with E-state index in [1.807, 2.05) is 6.08 Å². The van der Waals surface area contributed by atoms with Crippen molar-refractivity contribution >= 4 is 70.2 Å². The van der Waals surface area contributed by atoms with Crippen LogP contribution in [0.15, 0.2) is 12.2 Å². The van der Waals surface area contributed by atoms with E-state index < -0.39 is 32.2 Å². The molecule has 0 saturated carbocycles. The molecular weight excluding hydrogens is 354 g/mol. The number of halogens is 4. The monoisotopic (exact) mass is 364 g/mol. The van der Waals surface area contributed by atoms with Crippen LogP contribution in [-0.2, 0) is 9.59 Å². The fraction of sp³-hybridized carbons (Fsp3) is 0.600. The lowest BCUT2D eigenvalue weighted by Gasteiger charge is -2.26. The highest BCUT2D eigenvalue weighted by atomic mass is 35.5. The summed E-state index contributed by atoms with van der Waals surface area (Å²) in [5.41, 5.74) is 5.27. The maximum absolute atomic E-state index is 12.0. The summed E-state index contributed by atoms with van der Waals surface area (Å²) in [5.74, 6) is -2.09. The van der Waals surface area contributed by atoms with E-state index in [-0.39, 0.29) is 0 Å². The van der Waals surface area contributed by atoms with Crippen LogP contribution in [-0.4, -0.2) is 20.3 Å². The lowest BCUT2D eigenvalue weighted by molar-refractivity contribution is -0.130. The van der Waals surface area contributed by atoms with Crippen LogP contribution in [0.2, 0.25) is 0 Å². The number of amides is 2. The molecule has 0 aromatic heterocycles. The van der Waals surface area contributed by atoms with E-state index in [1.165, 1.54) is 0 Å². The van der Waals surface area contributed by atoms with Crippen LogP contribution in [0.4, 0.5) is 0 Å². The smallest absolute Gasteiger partial charge is 0.237 e. The summed E-state index contributed by atoms with van der Waals surface area (Å²) in [6.45, 7) is 0. The summed E-state index contributed by atoms with van der Waals surface area (Å²) in [6, 6.07) is 0. The Labute approximate surface area is 135 Å². The third-order valence-corrected chi connectivity index (χ3v) is 5.70. The number of rotatable bonds is 5. The van der Waals surface area contributed by atoms with Crippen molar-refractivity contribution in [2.45, 2.75) is 21.3 Å². The minimum atomic E-state index is -1.57. The Morgan fingerprint density at radius 1 is 1.42 bits per heavy atom. The van der Waals surface area contributed by atoms with Gasteiger partial charge in [-0.2, -0.15) is 0 Å². The first-order valence-electron chi connectivity index (χ1n) is 5.35. The molecule has 3 N–H and O–H groups in total. The number of alkyl halides is 4. The quantitative estimate of drug-likeness (QED) is 0.447. The highest BCUT2D eigenvalue weighted by Crippen LogP contribution is 2.41. The van der Waals surface area contributed by atoms with Gasteiger partial charge in [0, 0.05) is 0 Å². The minimum Gasteiger partial charge on any atom is -0.369 e. The van der Waals surface area contributed by atoms with E-state index >= 15 is 0 Å². The Hall–Kier alpha value is 0.190. The summed E-state index contributed by atoms with van der Waals surface area (Å²) in [7, 11) is 0. The topological polar surface area (TPSA) is 72.2 Å². The van der Waals surface area contributed by atoms with Crippen molar-refractivity contribution in [1.29, 1.82) is 0 Å². The maximum atomic E-state index is 12.0. The molecule has 9 heteroatoms. The largest absolute Gasteiger partial charge is 0.369 e. The zero-order valence-corrected chi connectivity index (χ0v) is 13.5. The highest BCUT2D eigenvalue weighted by Gasteiger charge is 2.37. The van der Waals surface area contributed by atoms with Crippen LogP contribution in [0.25, 0.3) is 0 Å². The second-order valence-electron chi connectivity index (χ2n) is 3.97. The molecule has 1 rings (SSSR count). The summed E-state index contributed by atoms with van der Waals surface area (Å²) in [5, 5.41) is 0. The average Bonchev–Trinajstić information content (AvgIpc) is 2.35. The van der Waals surface area contributed by atoms with Gasteiger partial charge in [0.15, 0.2) is 4.84 Å². The molecule has 0 saturated heterocycles. The van der Waals surface area contributed by atoms with E-state index in [0.717, 1.165) is 0 Å². The first kappa shape index (κ1) is 17.2. The van der Waals surface area contributed by atoms with Gasteiger partial charge in [-0.1, -0.05) is 35.4 Å². The third kappa shape index (κ3) is 4.90. The summed E-state index contributed by atoms with van der Waals surface area (Å²) in [4.78, 5) is 22.2. The van der Waals surface area contributed by atoms with Gasteiger partial charge in [0.05, 0.1) is 11.8 Å². The van der Waals surface area contributed by atoms with Crippen LogP contribution in [0.1, 0.15) is 12.8 Å². The van der Waals surface area contributed by atoms with Crippen molar-refractivity contribution in [2.24, 2.45) is 17.6 Å². The predicted octanol–water partition coefficient (Wildman–Crippen LogP) is 2.75. The van der Waals surface area contributed by atoms with E-state index in [9.17, 15) is 9.59 Å². The molecule has 0 aromatic rings. The van der Waals surface area contributed by atoms with Crippen LogP contribution >= 0.6 is 58.4 Å². The van der Waals surface area contributed by atoms with Crippen molar-refractivity contribution in [3.63, 3.8) is 0 Å². The van der Waals surface area contributed by atoms with Gasteiger partial charge < -0.3 is 5.73 Å². The maximum Gasteiger partial charge on any atom is 0.237 e. The van der Waals surface area contributed by atoms with Gasteiger partial charge >= 0.3 is 0 Å². The number of primary amides is 1. The van der Waals surface area contributed by atoms with Gasteiger partial charge in [-0.15, -0.1) is 23.2 Å². The number of nitrogens with one attached hydrogen (secondary N) is 1. The average molecular weight is 366 g/mol. The molecule has 0 bridgehead atoms. The zero-order chi connectivity index (χ0) is 14.6. The molecular formula is C10H12Cl4N2O2S. The Bertz CT molecular complexity index is 390. The molecule has 2 atom stereocenters. The van der Waals surface area contributed by atoms with E-state index in [4.69, 9.17) is 52.1 Å². The molecule has 0 fully saturated rings. The van der Waals surface area contributed by atoms with Gasteiger partial charge in [0.1, 0.15) is 0 Å². The van der Waals surface area contributed by atoms with E-state index in [2.05, 4.69) is 4.72 Å². The van der Waals surface area contributed by atoms with Crippen LogP contribution < -0.4 is 10.5 Å². The fourth-order valence-electron chi connectivity index (χ4n) is 1.65. The fourth-order valence-corrected chi connectivity index (χ4v) is 2.61. The van der Waals surface area contributed by atoms with Gasteiger partial charge in [-0.05, 0) is 24.8 Å². The highest BCUT2D eigenvalue weighted by molar-refractivity contribution is 8.02. The second kappa shape index (κ2) is 7.27. The minimum absolute atomic E-state index is 0.413. The van der Waals surface area contributed by atoms with Crippen LogP contribution in [0, 0.1) is 11.8 Å². The van der Waals surface area contributed by atoms with Crippen LogP contribution in [0.5, 0.6) is 0 Å². The van der Waals surface area contributed by atoms with Gasteiger partial charge in [0.25, 0.3) is 0 Å². The first-order valence-corrected chi connectivity index (χ1v) is 7.80. The van der Waals surface area contributed by atoms with Gasteiger partial charge in [-0.25, -0.2) is 0 Å². The lowest BCUT2D eigenvalue weighted by atomic mass is 9.83. The molecule has 0 aliphatic heterocycles. The standard InChI is InChI=1S/C10H12Cl4N2O2S/c11-9(12)10(13,14)19-16-8(18)6-4-2-1-3-5(6)7(15)17/h2,4-6,9H,1,3H2,(H2,15,17)(H,16,18). The lowest BCUT2D eigenvalue weighted by Crippen LogP contribution is -2.39. The number of carbonyl (C=O) groups excluding carboxylic acids is 2.